The number of carbonyl (C=O) groups is 1. The Morgan fingerprint density at radius 3 is 2.58 bits per heavy atom. The number of ether oxygens (including phenoxy) is 2. The number of benzene rings is 1. The van der Waals surface area contributed by atoms with Crippen LogP contribution in [0.5, 0.6) is 11.5 Å². The summed E-state index contributed by atoms with van der Waals surface area (Å²) in [4.78, 5) is 16.4. The first-order valence-corrected chi connectivity index (χ1v) is 8.51. The maximum absolute atomic E-state index is 12.3. The van der Waals surface area contributed by atoms with E-state index in [1.54, 1.807) is 32.1 Å². The average molecular weight is 360 g/mol. The van der Waals surface area contributed by atoms with Gasteiger partial charge in [0, 0.05) is 44.4 Å². The second-order valence-electron chi connectivity index (χ2n) is 6.19. The molecule has 0 spiro atoms. The highest BCUT2D eigenvalue weighted by Crippen LogP contribution is 2.25. The van der Waals surface area contributed by atoms with Crippen molar-refractivity contribution in [3.8, 4) is 11.5 Å². The quantitative estimate of drug-likeness (QED) is 0.882. The molecule has 26 heavy (non-hydrogen) atoms. The third kappa shape index (κ3) is 4.26. The smallest absolute Gasteiger partial charge is 0.323 e. The Morgan fingerprint density at radius 1 is 1.19 bits per heavy atom. The van der Waals surface area contributed by atoms with Crippen LogP contribution in [-0.4, -0.2) is 61.4 Å². The van der Waals surface area contributed by atoms with Crippen molar-refractivity contribution in [1.29, 1.82) is 0 Å². The van der Waals surface area contributed by atoms with Crippen molar-refractivity contribution in [3.63, 3.8) is 0 Å². The first-order valence-electron chi connectivity index (χ1n) is 8.51. The number of rotatable bonds is 5. The SMILES string of the molecule is COc1ccc(OC)c(CN2CCN(C(=O)Nc3cc(C)on3)CC2)c1. The van der Waals surface area contributed by atoms with Gasteiger partial charge in [-0.2, -0.15) is 0 Å². The van der Waals surface area contributed by atoms with Gasteiger partial charge in [-0.05, 0) is 25.1 Å². The summed E-state index contributed by atoms with van der Waals surface area (Å²) < 4.78 is 15.7. The minimum atomic E-state index is -0.156. The van der Waals surface area contributed by atoms with Gasteiger partial charge in [0.25, 0.3) is 0 Å². The van der Waals surface area contributed by atoms with Crippen molar-refractivity contribution < 1.29 is 18.8 Å². The molecule has 0 saturated carbocycles. The molecule has 1 N–H and O–H groups in total. The van der Waals surface area contributed by atoms with Crippen molar-refractivity contribution in [2.75, 3.05) is 45.7 Å². The highest BCUT2D eigenvalue weighted by molar-refractivity contribution is 5.88. The lowest BCUT2D eigenvalue weighted by Crippen LogP contribution is -2.49. The molecule has 1 aromatic heterocycles. The van der Waals surface area contributed by atoms with E-state index >= 15 is 0 Å². The molecule has 8 nitrogen and oxygen atoms in total. The monoisotopic (exact) mass is 360 g/mol. The minimum Gasteiger partial charge on any atom is -0.497 e. The number of hydrogen-bond donors (Lipinski definition) is 1. The van der Waals surface area contributed by atoms with E-state index in [1.165, 1.54) is 0 Å². The summed E-state index contributed by atoms with van der Waals surface area (Å²) in [5.41, 5.74) is 1.07. The van der Waals surface area contributed by atoms with E-state index in [4.69, 9.17) is 14.0 Å². The summed E-state index contributed by atoms with van der Waals surface area (Å²) in [7, 11) is 3.32. The summed E-state index contributed by atoms with van der Waals surface area (Å²) in [6.07, 6.45) is 0. The Hall–Kier alpha value is -2.74. The number of methoxy groups -OCH3 is 2. The molecule has 1 aliphatic rings. The van der Waals surface area contributed by atoms with E-state index < -0.39 is 0 Å². The number of nitrogens with zero attached hydrogens (tertiary/aromatic N) is 3. The van der Waals surface area contributed by atoms with Gasteiger partial charge in [-0.3, -0.25) is 10.2 Å². The van der Waals surface area contributed by atoms with Crippen LogP contribution in [-0.2, 0) is 6.54 Å². The van der Waals surface area contributed by atoms with Gasteiger partial charge in [0.2, 0.25) is 0 Å². The highest BCUT2D eigenvalue weighted by Gasteiger charge is 2.22. The predicted molar refractivity (Wildman–Crippen MR) is 96.7 cm³/mol. The fourth-order valence-electron chi connectivity index (χ4n) is 2.97. The van der Waals surface area contributed by atoms with Crippen LogP contribution in [0.4, 0.5) is 10.6 Å². The van der Waals surface area contributed by atoms with Crippen molar-refractivity contribution in [2.24, 2.45) is 0 Å². The second-order valence-corrected chi connectivity index (χ2v) is 6.19. The number of anilines is 1. The van der Waals surface area contributed by atoms with E-state index in [0.29, 0.717) is 24.7 Å². The van der Waals surface area contributed by atoms with Crippen LogP contribution < -0.4 is 14.8 Å². The molecule has 0 bridgehead atoms. The lowest BCUT2D eigenvalue weighted by atomic mass is 10.1. The molecule has 2 aromatic rings. The lowest BCUT2D eigenvalue weighted by molar-refractivity contribution is 0.142. The Labute approximate surface area is 152 Å². The largest absolute Gasteiger partial charge is 0.497 e. The number of urea groups is 1. The van der Waals surface area contributed by atoms with Crippen LogP contribution in [0.2, 0.25) is 0 Å². The molecule has 1 saturated heterocycles. The molecule has 0 unspecified atom stereocenters. The predicted octanol–water partition coefficient (Wildman–Crippen LogP) is 2.35. The zero-order valence-electron chi connectivity index (χ0n) is 15.3. The zero-order chi connectivity index (χ0) is 18.5. The topological polar surface area (TPSA) is 80.1 Å². The summed E-state index contributed by atoms with van der Waals surface area (Å²) in [5.74, 6) is 2.75. The molecule has 0 atom stereocenters. The first kappa shape index (κ1) is 18.1. The molecule has 0 radical (unpaired) electrons. The summed E-state index contributed by atoms with van der Waals surface area (Å²) in [6, 6.07) is 7.33. The van der Waals surface area contributed by atoms with E-state index in [-0.39, 0.29) is 6.03 Å². The van der Waals surface area contributed by atoms with Crippen molar-refractivity contribution >= 4 is 11.8 Å². The van der Waals surface area contributed by atoms with Crippen LogP contribution >= 0.6 is 0 Å². The normalized spacial score (nSPS) is 15.0. The van der Waals surface area contributed by atoms with Crippen LogP contribution in [0.1, 0.15) is 11.3 Å². The molecule has 8 heteroatoms. The van der Waals surface area contributed by atoms with Crippen LogP contribution in [0.3, 0.4) is 0 Å². The van der Waals surface area contributed by atoms with Crippen LogP contribution in [0, 0.1) is 6.92 Å². The van der Waals surface area contributed by atoms with Gasteiger partial charge in [-0.1, -0.05) is 5.16 Å². The minimum absolute atomic E-state index is 0.156. The molecule has 2 amide bonds. The fraction of sp³-hybridized carbons (Fsp3) is 0.444. The fourth-order valence-corrected chi connectivity index (χ4v) is 2.97. The number of amides is 2. The van der Waals surface area contributed by atoms with Crippen molar-refractivity contribution in [2.45, 2.75) is 13.5 Å². The maximum Gasteiger partial charge on any atom is 0.323 e. The molecule has 1 aromatic carbocycles. The van der Waals surface area contributed by atoms with E-state index in [2.05, 4.69) is 15.4 Å². The number of hydrogen-bond acceptors (Lipinski definition) is 6. The molecular formula is C18H24N4O4. The van der Waals surface area contributed by atoms with Gasteiger partial charge in [0.1, 0.15) is 17.3 Å². The summed E-state index contributed by atoms with van der Waals surface area (Å²) in [5, 5.41) is 6.54. The van der Waals surface area contributed by atoms with Gasteiger partial charge >= 0.3 is 6.03 Å². The first-order chi connectivity index (χ1) is 12.6. The third-order valence-corrected chi connectivity index (χ3v) is 4.40. The number of nitrogens with one attached hydrogen (secondary N) is 1. The number of carbonyl (C=O) groups excluding carboxylic acids is 1. The highest BCUT2D eigenvalue weighted by atomic mass is 16.5. The van der Waals surface area contributed by atoms with E-state index in [1.807, 2.05) is 18.2 Å². The van der Waals surface area contributed by atoms with Gasteiger partial charge in [-0.25, -0.2) is 4.79 Å². The standard InChI is InChI=1S/C18H24N4O4/c1-13-10-17(20-26-13)19-18(23)22-8-6-21(7-9-22)12-14-11-15(24-2)4-5-16(14)25-3/h4-5,10-11H,6-9,12H2,1-3H3,(H,19,20,23). The van der Waals surface area contributed by atoms with Gasteiger partial charge in [-0.15, -0.1) is 0 Å². The van der Waals surface area contributed by atoms with Crippen molar-refractivity contribution in [1.82, 2.24) is 15.0 Å². The van der Waals surface area contributed by atoms with Gasteiger partial charge in [0.15, 0.2) is 5.82 Å². The number of piperazine rings is 1. The molecule has 1 aliphatic heterocycles. The lowest BCUT2D eigenvalue weighted by Gasteiger charge is -2.34. The Balaban J connectivity index is 1.54. The van der Waals surface area contributed by atoms with Crippen LogP contribution in [0.15, 0.2) is 28.8 Å². The Kier molecular flexibility index (Phi) is 5.62. The molecular weight excluding hydrogens is 336 g/mol. The third-order valence-electron chi connectivity index (χ3n) is 4.40. The second kappa shape index (κ2) is 8.09. The number of aryl methyl sites for hydroxylation is 1. The maximum atomic E-state index is 12.3. The van der Waals surface area contributed by atoms with E-state index in [9.17, 15) is 4.79 Å². The Bertz CT molecular complexity index is 753. The zero-order valence-corrected chi connectivity index (χ0v) is 15.3. The van der Waals surface area contributed by atoms with Crippen LogP contribution in [0.25, 0.3) is 0 Å². The molecule has 140 valence electrons. The molecule has 1 fully saturated rings. The van der Waals surface area contributed by atoms with Gasteiger partial charge in [0.05, 0.1) is 14.2 Å². The molecule has 0 aliphatic carbocycles. The molecule has 3 rings (SSSR count). The van der Waals surface area contributed by atoms with Crippen molar-refractivity contribution in [3.05, 3.63) is 35.6 Å². The summed E-state index contributed by atoms with van der Waals surface area (Å²) in [6.45, 7) is 5.40. The van der Waals surface area contributed by atoms with E-state index in [0.717, 1.165) is 36.7 Å². The Morgan fingerprint density at radius 2 is 1.96 bits per heavy atom. The summed E-state index contributed by atoms with van der Waals surface area (Å²) >= 11 is 0. The van der Waals surface area contributed by atoms with Gasteiger partial charge < -0.3 is 18.9 Å². The average Bonchev–Trinajstić information content (AvgIpc) is 3.07. The molecule has 2 heterocycles. The number of aromatic nitrogens is 1.